The highest BCUT2D eigenvalue weighted by molar-refractivity contribution is 6.31. The van der Waals surface area contributed by atoms with Crippen molar-refractivity contribution in [2.75, 3.05) is 0 Å². The number of aromatic nitrogens is 1. The second kappa shape index (κ2) is 5.61. The van der Waals surface area contributed by atoms with E-state index in [1.807, 2.05) is 0 Å². The molecule has 0 atom stereocenters. The summed E-state index contributed by atoms with van der Waals surface area (Å²) in [4.78, 5) is 10.9. The number of hydrogen-bond donors (Lipinski definition) is 1. The third kappa shape index (κ3) is 2.92. The van der Waals surface area contributed by atoms with Crippen molar-refractivity contribution in [3.63, 3.8) is 0 Å². The Morgan fingerprint density at radius 2 is 2.00 bits per heavy atom. The zero-order chi connectivity index (χ0) is 15.7. The molecule has 0 fully saturated rings. The van der Waals surface area contributed by atoms with E-state index in [0.29, 0.717) is 0 Å². The van der Waals surface area contributed by atoms with Gasteiger partial charge in [0.2, 0.25) is 0 Å². The van der Waals surface area contributed by atoms with E-state index in [0.717, 1.165) is 30.6 Å². The molecular formula is C13H7ClF3NO3. The van der Waals surface area contributed by atoms with Crippen LogP contribution in [-0.2, 0) is 0 Å². The number of nitrogens with zero attached hydrogens (tertiary/aromatic N) is 1. The topological polar surface area (TPSA) is 64.2 Å². The smallest absolute Gasteiger partial charge is 0.341 e. The van der Waals surface area contributed by atoms with Gasteiger partial charge in [0.15, 0.2) is 12.4 Å². The Morgan fingerprint density at radius 3 is 2.57 bits per heavy atom. The van der Waals surface area contributed by atoms with E-state index in [-0.39, 0.29) is 10.3 Å². The first-order chi connectivity index (χ1) is 9.81. The summed E-state index contributed by atoms with van der Waals surface area (Å²) in [5.41, 5.74) is -2.02. The Hall–Kier alpha value is -2.28. The summed E-state index contributed by atoms with van der Waals surface area (Å²) >= 11 is 5.56. The summed E-state index contributed by atoms with van der Waals surface area (Å²) in [7, 11) is 0. The number of benzene rings is 1. The molecule has 0 amide bonds. The Labute approximate surface area is 121 Å². The van der Waals surface area contributed by atoms with Gasteiger partial charge in [-0.25, -0.2) is 18.0 Å². The lowest BCUT2D eigenvalue weighted by Gasteiger charge is -2.11. The highest BCUT2D eigenvalue weighted by Gasteiger charge is 2.23. The highest BCUT2D eigenvalue weighted by Crippen LogP contribution is 2.36. The summed E-state index contributed by atoms with van der Waals surface area (Å²) < 4.78 is 40.1. The van der Waals surface area contributed by atoms with Gasteiger partial charge in [-0.15, -0.1) is 0 Å². The molecule has 4 nitrogen and oxygen atoms in total. The van der Waals surface area contributed by atoms with Crippen molar-refractivity contribution < 1.29 is 27.8 Å². The maximum Gasteiger partial charge on any atom is 0.341 e. The van der Waals surface area contributed by atoms with Gasteiger partial charge >= 0.3 is 5.97 Å². The van der Waals surface area contributed by atoms with E-state index in [4.69, 9.17) is 16.7 Å². The Kier molecular flexibility index (Phi) is 4.04. The summed E-state index contributed by atoms with van der Waals surface area (Å²) in [6, 6.07) is 2.82. The van der Waals surface area contributed by atoms with Crippen LogP contribution in [0.25, 0.3) is 11.1 Å². The van der Waals surface area contributed by atoms with Crippen molar-refractivity contribution in [1.82, 2.24) is 0 Å². The van der Waals surface area contributed by atoms with Crippen LogP contribution in [0.15, 0.2) is 30.6 Å². The standard InChI is InChI=1S/C13H7ClF3NO3/c14-9-2-1-8(12(16)17)10(11(9)15)6-3-7(13(19)20)5-18(21)4-6/h1-5,12H,(H,19,20). The van der Waals surface area contributed by atoms with Gasteiger partial charge in [-0.1, -0.05) is 17.7 Å². The molecule has 0 saturated carbocycles. The molecule has 1 heterocycles. The van der Waals surface area contributed by atoms with Crippen molar-refractivity contribution in [1.29, 1.82) is 0 Å². The molecule has 2 rings (SSSR count). The first-order valence-electron chi connectivity index (χ1n) is 5.55. The zero-order valence-electron chi connectivity index (χ0n) is 10.2. The molecule has 0 bridgehead atoms. The van der Waals surface area contributed by atoms with Gasteiger partial charge in [0.1, 0.15) is 11.4 Å². The minimum Gasteiger partial charge on any atom is -0.619 e. The maximum absolute atomic E-state index is 14.0. The first kappa shape index (κ1) is 15.1. The third-order valence-electron chi connectivity index (χ3n) is 2.74. The Balaban J connectivity index is 2.77. The summed E-state index contributed by atoms with van der Waals surface area (Å²) in [6.07, 6.45) is -1.48. The Morgan fingerprint density at radius 1 is 1.33 bits per heavy atom. The minimum atomic E-state index is -3.01. The lowest BCUT2D eigenvalue weighted by atomic mass is 9.99. The molecule has 1 aromatic carbocycles. The molecule has 1 aromatic heterocycles. The normalized spacial score (nSPS) is 10.9. The van der Waals surface area contributed by atoms with Crippen LogP contribution >= 0.6 is 11.6 Å². The monoisotopic (exact) mass is 317 g/mol. The van der Waals surface area contributed by atoms with Gasteiger partial charge in [-0.05, 0) is 12.1 Å². The van der Waals surface area contributed by atoms with Crippen LogP contribution in [0.4, 0.5) is 13.2 Å². The average molecular weight is 318 g/mol. The average Bonchev–Trinajstić information content (AvgIpc) is 2.40. The number of aromatic carboxylic acids is 1. The second-order valence-corrected chi connectivity index (χ2v) is 4.51. The summed E-state index contributed by atoms with van der Waals surface area (Å²) in [5, 5.41) is 19.8. The number of hydrogen-bond acceptors (Lipinski definition) is 2. The molecule has 0 unspecified atom stereocenters. The molecule has 0 saturated heterocycles. The fourth-order valence-electron chi connectivity index (χ4n) is 1.85. The van der Waals surface area contributed by atoms with Crippen molar-refractivity contribution in [2.24, 2.45) is 0 Å². The van der Waals surface area contributed by atoms with Gasteiger partial charge in [-0.2, -0.15) is 4.73 Å². The van der Waals surface area contributed by atoms with Crippen molar-refractivity contribution in [2.45, 2.75) is 6.43 Å². The summed E-state index contributed by atoms with van der Waals surface area (Å²) in [6.45, 7) is 0. The van der Waals surface area contributed by atoms with Gasteiger partial charge in [0.25, 0.3) is 6.43 Å². The van der Waals surface area contributed by atoms with E-state index < -0.39 is 39.9 Å². The predicted octanol–water partition coefficient (Wildman–Crippen LogP) is 3.42. The number of carboxylic acid groups (broad SMARTS) is 1. The molecular weight excluding hydrogens is 311 g/mol. The Bertz CT molecular complexity index is 722. The number of carboxylic acids is 1. The highest BCUT2D eigenvalue weighted by atomic mass is 35.5. The molecule has 21 heavy (non-hydrogen) atoms. The quantitative estimate of drug-likeness (QED) is 0.697. The SMILES string of the molecule is O=C(O)c1cc(-c2c(C(F)F)ccc(Cl)c2F)c[n+]([O-])c1. The van der Waals surface area contributed by atoms with E-state index >= 15 is 0 Å². The summed E-state index contributed by atoms with van der Waals surface area (Å²) in [5.74, 6) is -2.58. The molecule has 0 radical (unpaired) electrons. The molecule has 0 aliphatic carbocycles. The van der Waals surface area contributed by atoms with Crippen LogP contribution in [0.1, 0.15) is 22.3 Å². The minimum absolute atomic E-state index is 0.106. The number of alkyl halides is 2. The van der Waals surface area contributed by atoms with Crippen LogP contribution in [0.3, 0.4) is 0 Å². The molecule has 0 aliphatic rings. The lowest BCUT2D eigenvalue weighted by Crippen LogP contribution is -2.27. The molecule has 1 N–H and O–H groups in total. The first-order valence-corrected chi connectivity index (χ1v) is 5.92. The van der Waals surface area contributed by atoms with Gasteiger partial charge in [-0.3, -0.25) is 0 Å². The van der Waals surface area contributed by atoms with Crippen LogP contribution < -0.4 is 4.73 Å². The molecule has 8 heteroatoms. The largest absolute Gasteiger partial charge is 0.619 e. The third-order valence-corrected chi connectivity index (χ3v) is 3.03. The molecule has 2 aromatic rings. The molecule has 110 valence electrons. The van der Waals surface area contributed by atoms with Gasteiger partial charge in [0, 0.05) is 11.1 Å². The van der Waals surface area contributed by atoms with E-state index in [2.05, 4.69) is 0 Å². The fraction of sp³-hybridized carbons (Fsp3) is 0.0769. The van der Waals surface area contributed by atoms with Crippen molar-refractivity contribution in [3.8, 4) is 11.1 Å². The fourth-order valence-corrected chi connectivity index (χ4v) is 2.01. The maximum atomic E-state index is 14.0. The molecule has 0 aliphatic heterocycles. The predicted molar refractivity (Wildman–Crippen MR) is 67.7 cm³/mol. The zero-order valence-corrected chi connectivity index (χ0v) is 10.9. The number of halogens is 4. The number of pyridine rings is 1. The van der Waals surface area contributed by atoms with Crippen molar-refractivity contribution >= 4 is 17.6 Å². The van der Waals surface area contributed by atoms with Gasteiger partial charge in [0.05, 0.1) is 10.6 Å². The number of carbonyl (C=O) groups is 1. The van der Waals surface area contributed by atoms with Crippen molar-refractivity contribution in [3.05, 3.63) is 57.8 Å². The van der Waals surface area contributed by atoms with Crippen LogP contribution in [0, 0.1) is 11.0 Å². The van der Waals surface area contributed by atoms with E-state index in [1.54, 1.807) is 0 Å². The second-order valence-electron chi connectivity index (χ2n) is 4.10. The van der Waals surface area contributed by atoms with E-state index in [1.165, 1.54) is 0 Å². The van der Waals surface area contributed by atoms with Crippen LogP contribution in [-0.4, -0.2) is 11.1 Å². The molecule has 0 spiro atoms. The van der Waals surface area contributed by atoms with Crippen LogP contribution in [0.2, 0.25) is 5.02 Å². The lowest BCUT2D eigenvalue weighted by molar-refractivity contribution is -0.605. The van der Waals surface area contributed by atoms with E-state index in [9.17, 15) is 23.2 Å². The van der Waals surface area contributed by atoms with Crippen LogP contribution in [0.5, 0.6) is 0 Å². The number of rotatable bonds is 3. The van der Waals surface area contributed by atoms with Gasteiger partial charge < -0.3 is 10.3 Å².